The number of nitrogens with zero attached hydrogens (tertiary/aromatic N) is 2. The molecule has 0 radical (unpaired) electrons. The van der Waals surface area contributed by atoms with E-state index in [4.69, 9.17) is 23.2 Å². The summed E-state index contributed by atoms with van der Waals surface area (Å²) in [4.78, 5) is 30.0. The van der Waals surface area contributed by atoms with E-state index in [0.717, 1.165) is 15.4 Å². The Kier molecular flexibility index (Phi) is 11.9. The smallest absolute Gasteiger partial charge is 0.264 e. The number of aryl methyl sites for hydroxylation is 2. The summed E-state index contributed by atoms with van der Waals surface area (Å²) in [5, 5.41) is 3.96. The van der Waals surface area contributed by atoms with E-state index >= 15 is 0 Å². The number of nitrogens with one attached hydrogen (secondary N) is 1. The molecule has 0 aliphatic carbocycles. The van der Waals surface area contributed by atoms with Gasteiger partial charge < -0.3 is 10.2 Å². The number of carbonyl (C=O) groups is 2. The Labute approximate surface area is 282 Å². The predicted molar refractivity (Wildman–Crippen MR) is 186 cm³/mol. The molecule has 2 amide bonds. The average Bonchev–Trinajstić information content (AvgIpc) is 3.02. The topological polar surface area (TPSA) is 86.8 Å². The number of sulfonamides is 1. The second-order valence-corrected chi connectivity index (χ2v) is 14.2. The number of hydrogen-bond acceptors (Lipinski definition) is 4. The highest BCUT2D eigenvalue weighted by Crippen LogP contribution is 2.30. The molecule has 7 nitrogen and oxygen atoms in total. The van der Waals surface area contributed by atoms with Gasteiger partial charge in [-0.2, -0.15) is 0 Å². The summed E-state index contributed by atoms with van der Waals surface area (Å²) in [6.45, 7) is 6.95. The SMILES string of the molecule is CC[C@@H](C)NC(=O)[C@@H](Cc1ccccc1)N(Cc1cccc(Cl)c1)C(=O)CN(c1ccc(Cl)cc1C)S(=O)(=O)c1ccc(C)cc1. The number of carbonyl (C=O) groups excluding carboxylic acids is 2. The molecule has 4 aromatic carbocycles. The lowest BCUT2D eigenvalue weighted by Crippen LogP contribution is -2.54. The van der Waals surface area contributed by atoms with Gasteiger partial charge in [0.15, 0.2) is 0 Å². The minimum Gasteiger partial charge on any atom is -0.352 e. The average molecular weight is 681 g/mol. The summed E-state index contributed by atoms with van der Waals surface area (Å²) >= 11 is 12.6. The lowest BCUT2D eigenvalue weighted by molar-refractivity contribution is -0.140. The predicted octanol–water partition coefficient (Wildman–Crippen LogP) is 7.36. The van der Waals surface area contributed by atoms with E-state index in [1.54, 1.807) is 55.5 Å². The lowest BCUT2D eigenvalue weighted by atomic mass is 10.0. The first kappa shape index (κ1) is 35.0. The van der Waals surface area contributed by atoms with Crippen LogP contribution in [0.4, 0.5) is 5.69 Å². The number of benzene rings is 4. The highest BCUT2D eigenvalue weighted by Gasteiger charge is 2.35. The quantitative estimate of drug-likeness (QED) is 0.160. The molecular weight excluding hydrogens is 641 g/mol. The third-order valence-electron chi connectivity index (χ3n) is 7.83. The molecular formula is C36H39Cl2N3O4S. The third kappa shape index (κ3) is 8.90. The van der Waals surface area contributed by atoms with E-state index in [0.29, 0.717) is 33.3 Å². The number of hydrogen-bond donors (Lipinski definition) is 1. The van der Waals surface area contributed by atoms with Crippen molar-refractivity contribution in [2.45, 2.75) is 64.1 Å². The van der Waals surface area contributed by atoms with Gasteiger partial charge in [-0.05, 0) is 86.3 Å². The summed E-state index contributed by atoms with van der Waals surface area (Å²) in [6.07, 6.45) is 0.921. The van der Waals surface area contributed by atoms with Crippen molar-refractivity contribution in [3.05, 3.63) is 129 Å². The molecule has 0 aromatic heterocycles. The van der Waals surface area contributed by atoms with Crippen molar-refractivity contribution in [1.82, 2.24) is 10.2 Å². The van der Waals surface area contributed by atoms with Gasteiger partial charge in [0.25, 0.3) is 10.0 Å². The van der Waals surface area contributed by atoms with Crippen LogP contribution < -0.4 is 9.62 Å². The third-order valence-corrected chi connectivity index (χ3v) is 10.1. The van der Waals surface area contributed by atoms with Crippen LogP contribution in [0.2, 0.25) is 10.0 Å². The summed E-state index contributed by atoms with van der Waals surface area (Å²) in [6, 6.07) is 26.7. The van der Waals surface area contributed by atoms with Crippen LogP contribution in [0.1, 0.15) is 42.5 Å². The zero-order valence-electron chi connectivity index (χ0n) is 26.4. The summed E-state index contributed by atoms with van der Waals surface area (Å²) in [5.41, 5.74) is 3.34. The summed E-state index contributed by atoms with van der Waals surface area (Å²) < 4.78 is 29.6. The van der Waals surface area contributed by atoms with E-state index in [1.807, 2.05) is 57.2 Å². The molecule has 2 atom stereocenters. The molecule has 0 aliphatic heterocycles. The van der Waals surface area contributed by atoms with Gasteiger partial charge in [-0.1, -0.05) is 90.3 Å². The molecule has 0 heterocycles. The van der Waals surface area contributed by atoms with Crippen LogP contribution in [0.3, 0.4) is 0 Å². The molecule has 0 aliphatic rings. The maximum Gasteiger partial charge on any atom is 0.264 e. The Hall–Kier alpha value is -3.85. The Morgan fingerprint density at radius 2 is 1.48 bits per heavy atom. The van der Waals surface area contributed by atoms with Gasteiger partial charge in [0.1, 0.15) is 12.6 Å². The fourth-order valence-electron chi connectivity index (χ4n) is 5.08. The molecule has 0 saturated carbocycles. The van der Waals surface area contributed by atoms with Crippen LogP contribution >= 0.6 is 23.2 Å². The second-order valence-electron chi connectivity index (χ2n) is 11.4. The minimum absolute atomic E-state index is 0.0306. The van der Waals surface area contributed by atoms with Gasteiger partial charge in [0, 0.05) is 29.1 Å². The van der Waals surface area contributed by atoms with Gasteiger partial charge >= 0.3 is 0 Å². The largest absolute Gasteiger partial charge is 0.352 e. The Balaban J connectivity index is 1.83. The fraction of sp³-hybridized carbons (Fsp3) is 0.278. The first-order valence-electron chi connectivity index (χ1n) is 15.1. The van der Waals surface area contributed by atoms with Gasteiger partial charge in [-0.25, -0.2) is 8.42 Å². The van der Waals surface area contributed by atoms with Gasteiger partial charge in [-0.3, -0.25) is 13.9 Å². The number of halogens is 2. The van der Waals surface area contributed by atoms with Crippen LogP contribution in [0, 0.1) is 13.8 Å². The second kappa shape index (κ2) is 15.6. The number of amides is 2. The molecule has 46 heavy (non-hydrogen) atoms. The van der Waals surface area contributed by atoms with Crippen molar-refractivity contribution >= 4 is 50.7 Å². The summed E-state index contributed by atoms with van der Waals surface area (Å²) in [5.74, 6) is -0.880. The molecule has 0 spiro atoms. The van der Waals surface area contributed by atoms with Crippen LogP contribution in [0.15, 0.2) is 102 Å². The Morgan fingerprint density at radius 1 is 0.826 bits per heavy atom. The van der Waals surface area contributed by atoms with Gasteiger partial charge in [-0.15, -0.1) is 0 Å². The van der Waals surface area contributed by atoms with Crippen molar-refractivity contribution in [2.75, 3.05) is 10.8 Å². The monoisotopic (exact) mass is 679 g/mol. The number of anilines is 1. The molecule has 0 unspecified atom stereocenters. The molecule has 242 valence electrons. The van der Waals surface area contributed by atoms with Crippen molar-refractivity contribution in [3.63, 3.8) is 0 Å². The van der Waals surface area contributed by atoms with Crippen LogP contribution in [0.25, 0.3) is 0 Å². The maximum atomic E-state index is 14.6. The zero-order valence-corrected chi connectivity index (χ0v) is 28.7. The number of rotatable bonds is 13. The van der Waals surface area contributed by atoms with Gasteiger partial charge in [0.2, 0.25) is 11.8 Å². The molecule has 0 saturated heterocycles. The first-order valence-corrected chi connectivity index (χ1v) is 17.3. The lowest BCUT2D eigenvalue weighted by Gasteiger charge is -2.34. The maximum absolute atomic E-state index is 14.6. The minimum atomic E-state index is -4.22. The molecule has 4 aromatic rings. The van der Waals surface area contributed by atoms with E-state index in [1.165, 1.54) is 17.0 Å². The van der Waals surface area contributed by atoms with Crippen molar-refractivity contribution < 1.29 is 18.0 Å². The molecule has 0 fully saturated rings. The van der Waals surface area contributed by atoms with Gasteiger partial charge in [0.05, 0.1) is 10.6 Å². The molecule has 4 rings (SSSR count). The zero-order chi connectivity index (χ0) is 33.4. The molecule has 0 bridgehead atoms. The van der Waals surface area contributed by atoms with Crippen LogP contribution in [-0.2, 0) is 32.6 Å². The van der Waals surface area contributed by atoms with Crippen molar-refractivity contribution in [3.8, 4) is 0 Å². The fourth-order valence-corrected chi connectivity index (χ4v) is 6.99. The first-order chi connectivity index (χ1) is 21.9. The highest BCUT2D eigenvalue weighted by atomic mass is 35.5. The van der Waals surface area contributed by atoms with Crippen LogP contribution in [-0.4, -0.2) is 43.8 Å². The van der Waals surface area contributed by atoms with E-state index in [9.17, 15) is 18.0 Å². The normalized spacial score (nSPS) is 12.7. The molecule has 10 heteroatoms. The van der Waals surface area contributed by atoms with E-state index in [2.05, 4.69) is 5.32 Å². The standard InChI is InChI=1S/C36H39Cl2N3O4S/c1-5-27(4)39-36(43)34(22-28-10-7-6-8-11-28)40(23-29-12-9-13-30(37)21-29)35(42)24-41(33-19-16-31(38)20-26(33)3)46(44,45)32-17-14-25(2)15-18-32/h6-21,27,34H,5,22-24H2,1-4H3,(H,39,43)/t27-,34-/m1/s1. The Bertz CT molecular complexity index is 1770. The van der Waals surface area contributed by atoms with Crippen LogP contribution in [0.5, 0.6) is 0 Å². The summed E-state index contributed by atoms with van der Waals surface area (Å²) in [7, 11) is -4.22. The van der Waals surface area contributed by atoms with Crippen molar-refractivity contribution in [2.24, 2.45) is 0 Å². The van der Waals surface area contributed by atoms with E-state index < -0.39 is 28.5 Å². The Morgan fingerprint density at radius 3 is 2.11 bits per heavy atom. The highest BCUT2D eigenvalue weighted by molar-refractivity contribution is 7.92. The molecule has 1 N–H and O–H groups in total. The van der Waals surface area contributed by atoms with E-state index in [-0.39, 0.29) is 29.8 Å². The van der Waals surface area contributed by atoms with Crippen molar-refractivity contribution in [1.29, 1.82) is 0 Å².